The normalized spacial score (nSPS) is 13.5. The lowest BCUT2D eigenvalue weighted by molar-refractivity contribution is 0.589. The van der Waals surface area contributed by atoms with E-state index in [1.54, 1.807) is 0 Å². The molecule has 0 aliphatic heterocycles. The first-order valence-corrected chi connectivity index (χ1v) is 6.52. The van der Waals surface area contributed by atoms with Gasteiger partial charge in [0, 0.05) is 15.8 Å². The number of aryl methyl sites for hydroxylation is 1. The molecule has 0 saturated carbocycles. The quantitative estimate of drug-likeness (QED) is 0.569. The maximum atomic E-state index is 3.53. The van der Waals surface area contributed by atoms with Crippen LogP contribution in [0.3, 0.4) is 0 Å². The summed E-state index contributed by atoms with van der Waals surface area (Å²) >= 11 is 1.92. The van der Waals surface area contributed by atoms with Gasteiger partial charge in [0.05, 0.1) is 0 Å². The molecular weight excluding hydrogens is 202 g/mol. The Labute approximate surface area is 97.2 Å². The van der Waals surface area contributed by atoms with Crippen LogP contribution in [-0.2, 0) is 6.42 Å². The molecule has 1 unspecified atom stereocenters. The van der Waals surface area contributed by atoms with E-state index in [2.05, 4.69) is 50.4 Å². The first-order chi connectivity index (χ1) is 7.27. The number of rotatable bonds is 6. The van der Waals surface area contributed by atoms with Gasteiger partial charge in [0.2, 0.25) is 0 Å². The molecule has 1 N–H and O–H groups in total. The van der Waals surface area contributed by atoms with E-state index < -0.39 is 0 Å². The van der Waals surface area contributed by atoms with Gasteiger partial charge < -0.3 is 5.32 Å². The summed E-state index contributed by atoms with van der Waals surface area (Å²) in [5, 5.41) is 3.53. The fourth-order valence-corrected chi connectivity index (χ4v) is 2.45. The van der Waals surface area contributed by atoms with Crippen LogP contribution in [0.5, 0.6) is 0 Å². The van der Waals surface area contributed by atoms with Gasteiger partial charge in [-0.3, -0.25) is 0 Å². The molecule has 0 aromatic carbocycles. The zero-order valence-corrected chi connectivity index (χ0v) is 10.7. The van der Waals surface area contributed by atoms with Gasteiger partial charge in [-0.25, -0.2) is 0 Å². The summed E-state index contributed by atoms with van der Waals surface area (Å²) in [7, 11) is 0. The van der Waals surface area contributed by atoms with Crippen molar-refractivity contribution < 1.29 is 0 Å². The maximum Gasteiger partial charge on any atom is 0.0386 e. The third-order valence-corrected chi connectivity index (χ3v) is 3.87. The Hall–Kier alpha value is -0.600. The fourth-order valence-electron chi connectivity index (χ4n) is 1.47. The molecule has 1 rings (SSSR count). The standard InChI is InChI=1S/C13H21NS/c1-4-6-7-10-14-11(3)13-9-8-12(5-2)15-13/h4,6,8-9,11,14H,5,7,10H2,1-3H3/b6-4+. The highest BCUT2D eigenvalue weighted by Gasteiger charge is 2.06. The molecule has 0 amide bonds. The molecule has 0 fully saturated rings. The van der Waals surface area contributed by atoms with Crippen molar-refractivity contribution in [2.75, 3.05) is 6.54 Å². The molecule has 2 heteroatoms. The molecule has 1 heterocycles. The lowest BCUT2D eigenvalue weighted by Gasteiger charge is -2.10. The highest BCUT2D eigenvalue weighted by Crippen LogP contribution is 2.23. The van der Waals surface area contributed by atoms with Crippen molar-refractivity contribution in [1.82, 2.24) is 5.32 Å². The van der Waals surface area contributed by atoms with Crippen molar-refractivity contribution in [3.8, 4) is 0 Å². The van der Waals surface area contributed by atoms with E-state index in [0.29, 0.717) is 6.04 Å². The Kier molecular flexibility index (Phi) is 5.66. The van der Waals surface area contributed by atoms with E-state index in [9.17, 15) is 0 Å². The highest BCUT2D eigenvalue weighted by molar-refractivity contribution is 7.12. The second-order valence-electron chi connectivity index (χ2n) is 3.69. The summed E-state index contributed by atoms with van der Waals surface area (Å²) in [6.07, 6.45) is 6.57. The lowest BCUT2D eigenvalue weighted by atomic mass is 10.2. The van der Waals surface area contributed by atoms with E-state index in [1.807, 2.05) is 11.3 Å². The first-order valence-electron chi connectivity index (χ1n) is 5.71. The highest BCUT2D eigenvalue weighted by atomic mass is 32.1. The summed E-state index contributed by atoms with van der Waals surface area (Å²) < 4.78 is 0. The minimum Gasteiger partial charge on any atom is -0.309 e. The van der Waals surface area contributed by atoms with Gasteiger partial charge in [-0.15, -0.1) is 11.3 Å². The Morgan fingerprint density at radius 3 is 2.87 bits per heavy atom. The third kappa shape index (κ3) is 4.18. The zero-order chi connectivity index (χ0) is 11.1. The van der Waals surface area contributed by atoms with Gasteiger partial charge in [-0.1, -0.05) is 19.1 Å². The topological polar surface area (TPSA) is 12.0 Å². The average molecular weight is 223 g/mol. The molecule has 1 nitrogen and oxygen atoms in total. The van der Waals surface area contributed by atoms with Crippen molar-refractivity contribution in [2.24, 2.45) is 0 Å². The molecule has 15 heavy (non-hydrogen) atoms. The molecule has 1 aromatic rings. The van der Waals surface area contributed by atoms with Gasteiger partial charge in [-0.2, -0.15) is 0 Å². The molecule has 84 valence electrons. The number of hydrogen-bond donors (Lipinski definition) is 1. The Bertz CT molecular complexity index is 301. The van der Waals surface area contributed by atoms with Gasteiger partial charge in [0.15, 0.2) is 0 Å². The van der Waals surface area contributed by atoms with Crippen LogP contribution >= 0.6 is 11.3 Å². The monoisotopic (exact) mass is 223 g/mol. The van der Waals surface area contributed by atoms with Crippen LogP contribution in [0.4, 0.5) is 0 Å². The molecule has 0 aliphatic carbocycles. The lowest BCUT2D eigenvalue weighted by Crippen LogP contribution is -2.18. The van der Waals surface area contributed by atoms with Crippen LogP contribution < -0.4 is 5.32 Å². The van der Waals surface area contributed by atoms with Gasteiger partial charge in [-0.05, 0) is 45.4 Å². The second-order valence-corrected chi connectivity index (χ2v) is 4.89. The van der Waals surface area contributed by atoms with Crippen LogP contribution in [0.25, 0.3) is 0 Å². The molecule has 0 spiro atoms. The molecule has 0 bridgehead atoms. The summed E-state index contributed by atoms with van der Waals surface area (Å²) in [4.78, 5) is 2.93. The van der Waals surface area contributed by atoms with Crippen molar-refractivity contribution in [3.05, 3.63) is 34.0 Å². The fraction of sp³-hybridized carbons (Fsp3) is 0.538. The second kappa shape index (κ2) is 6.81. The van der Waals surface area contributed by atoms with E-state index in [0.717, 1.165) is 19.4 Å². The molecular formula is C13H21NS. The maximum absolute atomic E-state index is 3.53. The van der Waals surface area contributed by atoms with E-state index in [-0.39, 0.29) is 0 Å². The van der Waals surface area contributed by atoms with E-state index in [1.165, 1.54) is 9.75 Å². The van der Waals surface area contributed by atoms with Crippen LogP contribution in [0.2, 0.25) is 0 Å². The van der Waals surface area contributed by atoms with Gasteiger partial charge in [0.25, 0.3) is 0 Å². The van der Waals surface area contributed by atoms with Crippen molar-refractivity contribution in [2.45, 2.75) is 39.7 Å². The van der Waals surface area contributed by atoms with Crippen molar-refractivity contribution in [1.29, 1.82) is 0 Å². The van der Waals surface area contributed by atoms with Gasteiger partial charge in [0.1, 0.15) is 0 Å². The summed E-state index contributed by atoms with van der Waals surface area (Å²) in [6, 6.07) is 4.97. The van der Waals surface area contributed by atoms with E-state index in [4.69, 9.17) is 0 Å². The number of thiophene rings is 1. The summed E-state index contributed by atoms with van der Waals surface area (Å²) in [6.45, 7) is 7.57. The minimum atomic E-state index is 0.487. The number of hydrogen-bond acceptors (Lipinski definition) is 2. The number of nitrogens with one attached hydrogen (secondary N) is 1. The van der Waals surface area contributed by atoms with Crippen molar-refractivity contribution in [3.63, 3.8) is 0 Å². The Morgan fingerprint density at radius 1 is 1.47 bits per heavy atom. The third-order valence-electron chi connectivity index (χ3n) is 2.45. The molecule has 0 aliphatic rings. The predicted octanol–water partition coefficient (Wildman–Crippen LogP) is 3.93. The average Bonchev–Trinajstić information content (AvgIpc) is 2.72. The largest absolute Gasteiger partial charge is 0.309 e. The Balaban J connectivity index is 2.36. The SMILES string of the molecule is C/C=C/CCNC(C)c1ccc(CC)s1. The smallest absolute Gasteiger partial charge is 0.0386 e. The molecule has 1 aromatic heterocycles. The number of allylic oxidation sites excluding steroid dienone is 1. The molecule has 1 atom stereocenters. The van der Waals surface area contributed by atoms with Crippen LogP contribution in [0.1, 0.15) is 43.0 Å². The molecule has 0 saturated heterocycles. The van der Waals surface area contributed by atoms with Crippen LogP contribution in [0, 0.1) is 0 Å². The minimum absolute atomic E-state index is 0.487. The Morgan fingerprint density at radius 2 is 2.27 bits per heavy atom. The van der Waals surface area contributed by atoms with E-state index >= 15 is 0 Å². The first kappa shape index (κ1) is 12.5. The van der Waals surface area contributed by atoms with Crippen molar-refractivity contribution >= 4 is 11.3 Å². The zero-order valence-electron chi connectivity index (χ0n) is 9.92. The van der Waals surface area contributed by atoms with Crippen LogP contribution in [0.15, 0.2) is 24.3 Å². The summed E-state index contributed by atoms with van der Waals surface area (Å²) in [5.41, 5.74) is 0. The predicted molar refractivity (Wildman–Crippen MR) is 69.5 cm³/mol. The molecule has 0 radical (unpaired) electrons. The van der Waals surface area contributed by atoms with Gasteiger partial charge >= 0.3 is 0 Å². The summed E-state index contributed by atoms with van der Waals surface area (Å²) in [5.74, 6) is 0. The van der Waals surface area contributed by atoms with Crippen LogP contribution in [-0.4, -0.2) is 6.54 Å².